The summed E-state index contributed by atoms with van der Waals surface area (Å²) in [5.41, 5.74) is 0. The summed E-state index contributed by atoms with van der Waals surface area (Å²) in [6, 6.07) is 4.80. The molecule has 0 fully saturated rings. The van der Waals surface area contributed by atoms with Gasteiger partial charge in [0.1, 0.15) is 17.3 Å². The highest BCUT2D eigenvalue weighted by molar-refractivity contribution is 6.30. The van der Waals surface area contributed by atoms with E-state index in [-0.39, 0.29) is 42.8 Å². The maximum absolute atomic E-state index is 13.3. The van der Waals surface area contributed by atoms with Crippen LogP contribution in [0.5, 0.6) is 11.6 Å². The van der Waals surface area contributed by atoms with Crippen LogP contribution in [0.15, 0.2) is 41.4 Å². The topological polar surface area (TPSA) is 123 Å². The Morgan fingerprint density at radius 2 is 2.06 bits per heavy atom. The molecule has 3 N–H and O–H groups in total. The number of halogens is 2. The Labute approximate surface area is 183 Å². The Morgan fingerprint density at radius 3 is 2.71 bits per heavy atom. The molecule has 31 heavy (non-hydrogen) atoms. The molecule has 2 amide bonds. The van der Waals surface area contributed by atoms with Crippen LogP contribution in [0, 0.1) is 12.7 Å². The van der Waals surface area contributed by atoms with Crippen LogP contribution < -0.4 is 20.1 Å². The SMILES string of the molecule is C=CC(C[C@H](O)CNC(=O)COc1ccc(Cl)c(F)c1)NC(=O)COc1cc(C)on1. The van der Waals surface area contributed by atoms with E-state index in [9.17, 15) is 19.1 Å². The maximum Gasteiger partial charge on any atom is 0.258 e. The van der Waals surface area contributed by atoms with Crippen molar-refractivity contribution in [3.8, 4) is 11.6 Å². The number of ether oxygens (including phenoxy) is 2. The molecule has 0 aliphatic heterocycles. The summed E-state index contributed by atoms with van der Waals surface area (Å²) in [6.07, 6.45) is 0.614. The van der Waals surface area contributed by atoms with Gasteiger partial charge in [-0.25, -0.2) is 4.39 Å². The van der Waals surface area contributed by atoms with Gasteiger partial charge < -0.3 is 29.7 Å². The van der Waals surface area contributed by atoms with Gasteiger partial charge in [-0.3, -0.25) is 9.59 Å². The van der Waals surface area contributed by atoms with E-state index in [1.165, 1.54) is 24.3 Å². The van der Waals surface area contributed by atoms with Gasteiger partial charge in [-0.15, -0.1) is 6.58 Å². The van der Waals surface area contributed by atoms with Crippen LogP contribution in [-0.4, -0.2) is 54.0 Å². The van der Waals surface area contributed by atoms with Crippen molar-refractivity contribution >= 4 is 23.4 Å². The number of hydrogen-bond acceptors (Lipinski definition) is 7. The molecule has 0 saturated carbocycles. The highest BCUT2D eigenvalue weighted by Gasteiger charge is 2.16. The zero-order valence-corrected chi connectivity index (χ0v) is 17.5. The highest BCUT2D eigenvalue weighted by atomic mass is 35.5. The van der Waals surface area contributed by atoms with Crippen molar-refractivity contribution in [1.82, 2.24) is 15.8 Å². The van der Waals surface area contributed by atoms with Crippen molar-refractivity contribution in [3.63, 3.8) is 0 Å². The predicted octanol–water partition coefficient (Wildman–Crippen LogP) is 1.77. The fourth-order valence-corrected chi connectivity index (χ4v) is 2.51. The summed E-state index contributed by atoms with van der Waals surface area (Å²) in [5.74, 6) is -0.719. The number of aromatic nitrogens is 1. The van der Waals surface area contributed by atoms with E-state index in [2.05, 4.69) is 22.4 Å². The second-order valence-corrected chi connectivity index (χ2v) is 6.94. The molecular formula is C20H23ClFN3O6. The number of aliphatic hydroxyl groups is 1. The number of nitrogens with zero attached hydrogens (tertiary/aromatic N) is 1. The van der Waals surface area contributed by atoms with Crippen LogP contribution in [0.25, 0.3) is 0 Å². The Bertz CT molecular complexity index is 907. The number of carbonyl (C=O) groups excluding carboxylic acids is 2. The number of benzene rings is 1. The van der Waals surface area contributed by atoms with Gasteiger partial charge in [0.15, 0.2) is 13.2 Å². The molecule has 2 rings (SSSR count). The molecule has 168 valence electrons. The molecule has 1 aromatic heterocycles. The second-order valence-electron chi connectivity index (χ2n) is 6.53. The molecule has 0 spiro atoms. The lowest BCUT2D eigenvalue weighted by Crippen LogP contribution is -2.42. The van der Waals surface area contributed by atoms with E-state index < -0.39 is 29.8 Å². The smallest absolute Gasteiger partial charge is 0.258 e. The van der Waals surface area contributed by atoms with Crippen LogP contribution in [0.3, 0.4) is 0 Å². The first-order valence-electron chi connectivity index (χ1n) is 9.27. The molecule has 0 aliphatic carbocycles. The Balaban J connectivity index is 1.67. The monoisotopic (exact) mass is 455 g/mol. The predicted molar refractivity (Wildman–Crippen MR) is 109 cm³/mol. The summed E-state index contributed by atoms with van der Waals surface area (Å²) in [4.78, 5) is 23.8. The number of nitrogens with one attached hydrogen (secondary N) is 2. The number of aryl methyl sites for hydroxylation is 1. The number of carbonyl (C=O) groups is 2. The van der Waals surface area contributed by atoms with E-state index in [1.807, 2.05) is 0 Å². The molecule has 1 aromatic carbocycles. The van der Waals surface area contributed by atoms with E-state index >= 15 is 0 Å². The van der Waals surface area contributed by atoms with Gasteiger partial charge >= 0.3 is 0 Å². The zero-order chi connectivity index (χ0) is 22.8. The molecule has 0 aliphatic rings. The van der Waals surface area contributed by atoms with Crippen molar-refractivity contribution in [3.05, 3.63) is 53.5 Å². The normalized spacial score (nSPS) is 12.5. The van der Waals surface area contributed by atoms with Crippen LogP contribution in [0.4, 0.5) is 4.39 Å². The fourth-order valence-electron chi connectivity index (χ4n) is 2.39. The van der Waals surface area contributed by atoms with Crippen LogP contribution in [0.1, 0.15) is 12.2 Å². The average Bonchev–Trinajstić information content (AvgIpc) is 3.16. The lowest BCUT2D eigenvalue weighted by Gasteiger charge is -2.19. The largest absolute Gasteiger partial charge is 0.484 e. The number of hydrogen-bond donors (Lipinski definition) is 3. The molecular weight excluding hydrogens is 433 g/mol. The summed E-state index contributed by atoms with van der Waals surface area (Å²) in [6.45, 7) is 4.58. The minimum absolute atomic E-state index is 0.0522. The molecule has 1 heterocycles. The van der Waals surface area contributed by atoms with E-state index in [1.54, 1.807) is 6.92 Å². The molecule has 11 heteroatoms. The van der Waals surface area contributed by atoms with Crippen LogP contribution in [-0.2, 0) is 9.59 Å². The first kappa shape index (κ1) is 24.2. The third kappa shape index (κ3) is 8.65. The van der Waals surface area contributed by atoms with Gasteiger partial charge in [-0.2, -0.15) is 0 Å². The van der Waals surface area contributed by atoms with Crippen LogP contribution in [0.2, 0.25) is 5.02 Å². The Kier molecular flexibility index (Phi) is 9.29. The summed E-state index contributed by atoms with van der Waals surface area (Å²) in [5, 5.41) is 18.8. The lowest BCUT2D eigenvalue weighted by atomic mass is 10.1. The first-order chi connectivity index (χ1) is 14.8. The van der Waals surface area contributed by atoms with Gasteiger partial charge in [0.2, 0.25) is 0 Å². The highest BCUT2D eigenvalue weighted by Crippen LogP contribution is 2.20. The second kappa shape index (κ2) is 11.9. The molecule has 1 unspecified atom stereocenters. The van der Waals surface area contributed by atoms with Crippen molar-refractivity contribution in [2.45, 2.75) is 25.5 Å². The average molecular weight is 456 g/mol. The third-order valence-electron chi connectivity index (χ3n) is 3.91. The van der Waals surface area contributed by atoms with Crippen molar-refractivity contribution in [1.29, 1.82) is 0 Å². The van der Waals surface area contributed by atoms with Crippen molar-refractivity contribution in [2.75, 3.05) is 19.8 Å². The number of rotatable bonds is 12. The van der Waals surface area contributed by atoms with Gasteiger partial charge in [0, 0.05) is 24.7 Å². The van der Waals surface area contributed by atoms with E-state index in [4.69, 9.17) is 25.6 Å². The lowest BCUT2D eigenvalue weighted by molar-refractivity contribution is -0.124. The number of amides is 2. The van der Waals surface area contributed by atoms with Gasteiger partial charge in [0.05, 0.1) is 11.1 Å². The first-order valence-corrected chi connectivity index (χ1v) is 9.65. The molecule has 0 bridgehead atoms. The Morgan fingerprint density at radius 1 is 1.32 bits per heavy atom. The van der Waals surface area contributed by atoms with Crippen LogP contribution >= 0.6 is 11.6 Å². The Hall–Kier alpha value is -3.11. The summed E-state index contributed by atoms with van der Waals surface area (Å²) in [7, 11) is 0. The van der Waals surface area contributed by atoms with Gasteiger partial charge in [0.25, 0.3) is 17.7 Å². The molecule has 9 nitrogen and oxygen atoms in total. The quantitative estimate of drug-likeness (QED) is 0.417. The van der Waals surface area contributed by atoms with Crippen molar-refractivity contribution in [2.24, 2.45) is 0 Å². The fraction of sp³-hybridized carbons (Fsp3) is 0.350. The van der Waals surface area contributed by atoms with Crippen molar-refractivity contribution < 1.29 is 33.1 Å². The minimum Gasteiger partial charge on any atom is -0.484 e. The number of aliphatic hydroxyl groups excluding tert-OH is 1. The summed E-state index contributed by atoms with van der Waals surface area (Å²) < 4.78 is 28.5. The molecule has 0 saturated heterocycles. The minimum atomic E-state index is -0.959. The maximum atomic E-state index is 13.3. The summed E-state index contributed by atoms with van der Waals surface area (Å²) >= 11 is 5.57. The van der Waals surface area contributed by atoms with E-state index in [0.717, 1.165) is 6.07 Å². The molecule has 2 aromatic rings. The zero-order valence-electron chi connectivity index (χ0n) is 16.8. The molecule has 0 radical (unpaired) electrons. The van der Waals surface area contributed by atoms with Gasteiger partial charge in [-0.1, -0.05) is 17.7 Å². The van der Waals surface area contributed by atoms with E-state index in [0.29, 0.717) is 5.76 Å². The standard InChI is InChI=1S/C20H23ClFN3O6/c1-3-13(24-19(28)11-30-20-6-12(2)31-25-20)7-14(26)9-23-18(27)10-29-15-4-5-16(21)17(22)8-15/h3-6,8,13-14,26H,1,7,9-11H2,2H3,(H,23,27)(H,24,28)/t13?,14-/m0/s1. The molecule has 2 atom stereocenters. The van der Waals surface area contributed by atoms with Gasteiger partial charge in [-0.05, 0) is 30.6 Å². The third-order valence-corrected chi connectivity index (χ3v) is 4.22.